The summed E-state index contributed by atoms with van der Waals surface area (Å²) in [6.45, 7) is 6.04. The maximum absolute atomic E-state index is 13.1. The van der Waals surface area contributed by atoms with Gasteiger partial charge in [-0.25, -0.2) is 9.97 Å². The third-order valence-corrected chi connectivity index (χ3v) is 6.95. The highest BCUT2D eigenvalue weighted by Crippen LogP contribution is 2.27. The van der Waals surface area contributed by atoms with Crippen molar-refractivity contribution in [2.24, 2.45) is 0 Å². The van der Waals surface area contributed by atoms with E-state index in [-0.39, 0.29) is 5.91 Å². The van der Waals surface area contributed by atoms with E-state index in [0.717, 1.165) is 54.0 Å². The second kappa shape index (κ2) is 9.76. The van der Waals surface area contributed by atoms with Crippen molar-refractivity contribution in [2.45, 2.75) is 0 Å². The van der Waals surface area contributed by atoms with Gasteiger partial charge in [-0.05, 0) is 36.4 Å². The number of anilines is 2. The van der Waals surface area contributed by atoms with Crippen LogP contribution in [0, 0.1) is 0 Å². The molecule has 0 unspecified atom stereocenters. The number of thiazole rings is 1. The molecule has 0 bridgehead atoms. The molecular formula is C24H27N5O3S. The van der Waals surface area contributed by atoms with Crippen LogP contribution >= 0.6 is 11.3 Å². The summed E-state index contributed by atoms with van der Waals surface area (Å²) in [5.74, 6) is 1.76. The molecule has 33 heavy (non-hydrogen) atoms. The highest BCUT2D eigenvalue weighted by molar-refractivity contribution is 7.13. The number of morpholine rings is 1. The van der Waals surface area contributed by atoms with E-state index in [0.29, 0.717) is 32.0 Å². The number of hydrogen-bond acceptors (Lipinski definition) is 8. The number of aromatic nitrogens is 2. The van der Waals surface area contributed by atoms with Crippen molar-refractivity contribution in [3.05, 3.63) is 53.7 Å². The summed E-state index contributed by atoms with van der Waals surface area (Å²) in [7, 11) is 1.67. The monoisotopic (exact) mass is 465 g/mol. The Morgan fingerprint density at radius 2 is 1.76 bits per heavy atom. The summed E-state index contributed by atoms with van der Waals surface area (Å²) in [6, 6.07) is 12.0. The summed E-state index contributed by atoms with van der Waals surface area (Å²) in [5.41, 5.74) is 2.64. The van der Waals surface area contributed by atoms with E-state index in [2.05, 4.69) is 31.9 Å². The SMILES string of the molecule is COc1ccc(N2CCN(C(=O)c3csc(-c4ccnc(N5CCOCC5)c4)n3)CC2)cc1. The second-order valence-electron chi connectivity index (χ2n) is 8.02. The van der Waals surface area contributed by atoms with Gasteiger partial charge in [0.2, 0.25) is 0 Å². The quantitative estimate of drug-likeness (QED) is 0.574. The number of piperazine rings is 1. The van der Waals surface area contributed by atoms with E-state index in [4.69, 9.17) is 9.47 Å². The van der Waals surface area contributed by atoms with Crippen LogP contribution < -0.4 is 14.5 Å². The first kappa shape index (κ1) is 21.7. The number of ether oxygens (including phenoxy) is 2. The van der Waals surface area contributed by atoms with E-state index < -0.39 is 0 Å². The van der Waals surface area contributed by atoms with Gasteiger partial charge in [-0.2, -0.15) is 0 Å². The number of methoxy groups -OCH3 is 1. The molecule has 2 aliphatic heterocycles. The number of rotatable bonds is 5. The zero-order valence-electron chi connectivity index (χ0n) is 18.6. The zero-order valence-corrected chi connectivity index (χ0v) is 19.5. The number of benzene rings is 1. The molecule has 2 saturated heterocycles. The van der Waals surface area contributed by atoms with E-state index in [1.807, 2.05) is 34.5 Å². The molecule has 0 saturated carbocycles. The Balaban J connectivity index is 1.22. The van der Waals surface area contributed by atoms with Crippen molar-refractivity contribution in [1.82, 2.24) is 14.9 Å². The van der Waals surface area contributed by atoms with E-state index >= 15 is 0 Å². The predicted octanol–water partition coefficient (Wildman–Crippen LogP) is 3.01. The molecule has 0 N–H and O–H groups in total. The van der Waals surface area contributed by atoms with Gasteiger partial charge in [0.05, 0.1) is 20.3 Å². The summed E-state index contributed by atoms with van der Waals surface area (Å²) in [6.07, 6.45) is 1.81. The summed E-state index contributed by atoms with van der Waals surface area (Å²) >= 11 is 1.50. The van der Waals surface area contributed by atoms with Crippen molar-refractivity contribution in [3.63, 3.8) is 0 Å². The molecule has 1 amide bonds. The fraction of sp³-hybridized carbons (Fsp3) is 0.375. The minimum absolute atomic E-state index is 0.00524. The lowest BCUT2D eigenvalue weighted by molar-refractivity contribution is 0.0742. The maximum Gasteiger partial charge on any atom is 0.273 e. The molecule has 8 nitrogen and oxygen atoms in total. The number of carbonyl (C=O) groups is 1. The van der Waals surface area contributed by atoms with Gasteiger partial charge < -0.3 is 24.2 Å². The lowest BCUT2D eigenvalue weighted by Gasteiger charge is -2.35. The maximum atomic E-state index is 13.1. The van der Waals surface area contributed by atoms with Crippen molar-refractivity contribution in [2.75, 3.05) is 69.4 Å². The summed E-state index contributed by atoms with van der Waals surface area (Å²) < 4.78 is 10.7. The first-order valence-electron chi connectivity index (χ1n) is 11.1. The Kier molecular flexibility index (Phi) is 6.41. The fourth-order valence-corrected chi connectivity index (χ4v) is 4.94. The molecule has 172 valence electrons. The van der Waals surface area contributed by atoms with Gasteiger partial charge in [0, 0.05) is 62.1 Å². The van der Waals surface area contributed by atoms with Gasteiger partial charge >= 0.3 is 0 Å². The van der Waals surface area contributed by atoms with Crippen LogP contribution in [0.4, 0.5) is 11.5 Å². The zero-order chi connectivity index (χ0) is 22.6. The number of nitrogens with zero attached hydrogens (tertiary/aromatic N) is 5. The van der Waals surface area contributed by atoms with Gasteiger partial charge in [-0.3, -0.25) is 4.79 Å². The third-order valence-electron chi connectivity index (χ3n) is 6.06. The standard InChI is InChI=1S/C24H27N5O3S/c1-31-20-4-2-19(3-5-20)27-8-10-29(11-9-27)24(30)21-17-33-23(26-21)18-6-7-25-22(16-18)28-12-14-32-15-13-28/h2-7,16-17H,8-15H2,1H3. The molecule has 4 heterocycles. The molecule has 5 rings (SSSR count). The van der Waals surface area contributed by atoms with Crippen molar-refractivity contribution >= 4 is 28.7 Å². The molecule has 3 aromatic rings. The van der Waals surface area contributed by atoms with Crippen molar-refractivity contribution in [1.29, 1.82) is 0 Å². The average Bonchev–Trinajstić information content (AvgIpc) is 3.40. The Morgan fingerprint density at radius 3 is 2.48 bits per heavy atom. The molecule has 0 atom stereocenters. The van der Waals surface area contributed by atoms with Crippen LogP contribution in [0.2, 0.25) is 0 Å². The molecule has 1 aromatic carbocycles. The minimum Gasteiger partial charge on any atom is -0.497 e. The highest BCUT2D eigenvalue weighted by atomic mass is 32.1. The van der Waals surface area contributed by atoms with Crippen molar-refractivity contribution < 1.29 is 14.3 Å². The second-order valence-corrected chi connectivity index (χ2v) is 8.88. The first-order valence-corrected chi connectivity index (χ1v) is 12.0. The molecule has 2 aromatic heterocycles. The number of amides is 1. The van der Waals surface area contributed by atoms with Crippen LogP contribution in [-0.2, 0) is 4.74 Å². The van der Waals surface area contributed by atoms with Gasteiger partial charge in [-0.15, -0.1) is 11.3 Å². The normalized spacial score (nSPS) is 16.7. The lowest BCUT2D eigenvalue weighted by Crippen LogP contribution is -2.48. The Labute approximate surface area is 197 Å². The van der Waals surface area contributed by atoms with Crippen LogP contribution in [0.15, 0.2) is 48.0 Å². The van der Waals surface area contributed by atoms with Crippen molar-refractivity contribution in [3.8, 4) is 16.3 Å². The smallest absolute Gasteiger partial charge is 0.273 e. The molecule has 2 fully saturated rings. The lowest BCUT2D eigenvalue weighted by atomic mass is 10.2. The number of carbonyl (C=O) groups excluding carboxylic acids is 1. The van der Waals surface area contributed by atoms with Crippen LogP contribution in [0.1, 0.15) is 10.5 Å². The molecular weight excluding hydrogens is 438 g/mol. The molecule has 0 radical (unpaired) electrons. The summed E-state index contributed by atoms with van der Waals surface area (Å²) in [4.78, 5) is 28.7. The highest BCUT2D eigenvalue weighted by Gasteiger charge is 2.24. The largest absolute Gasteiger partial charge is 0.497 e. The Bertz CT molecular complexity index is 1090. The van der Waals surface area contributed by atoms with Gasteiger partial charge in [-0.1, -0.05) is 0 Å². The van der Waals surface area contributed by atoms with Crippen LogP contribution in [0.3, 0.4) is 0 Å². The average molecular weight is 466 g/mol. The van der Waals surface area contributed by atoms with E-state index in [1.165, 1.54) is 11.3 Å². The fourth-order valence-electron chi connectivity index (χ4n) is 4.14. The first-order chi connectivity index (χ1) is 16.2. The van der Waals surface area contributed by atoms with E-state index in [9.17, 15) is 4.79 Å². The topological polar surface area (TPSA) is 71.0 Å². The molecule has 0 aliphatic carbocycles. The molecule has 2 aliphatic rings. The van der Waals surface area contributed by atoms with Gasteiger partial charge in [0.15, 0.2) is 0 Å². The van der Waals surface area contributed by atoms with Crippen LogP contribution in [0.5, 0.6) is 5.75 Å². The Morgan fingerprint density at radius 1 is 1.00 bits per heavy atom. The Hall–Kier alpha value is -3.17. The van der Waals surface area contributed by atoms with Crippen LogP contribution in [0.25, 0.3) is 10.6 Å². The number of hydrogen-bond donors (Lipinski definition) is 0. The van der Waals surface area contributed by atoms with E-state index in [1.54, 1.807) is 13.3 Å². The minimum atomic E-state index is -0.00524. The van der Waals surface area contributed by atoms with Gasteiger partial charge in [0.1, 0.15) is 22.3 Å². The van der Waals surface area contributed by atoms with Crippen LogP contribution in [-0.4, -0.2) is 80.4 Å². The summed E-state index contributed by atoms with van der Waals surface area (Å²) in [5, 5.41) is 2.70. The molecule has 0 spiro atoms. The predicted molar refractivity (Wildman–Crippen MR) is 129 cm³/mol. The number of pyridine rings is 1. The molecule has 9 heteroatoms. The van der Waals surface area contributed by atoms with Gasteiger partial charge in [0.25, 0.3) is 5.91 Å². The third kappa shape index (κ3) is 4.79.